The fourth-order valence-electron chi connectivity index (χ4n) is 2.52. The summed E-state index contributed by atoms with van der Waals surface area (Å²) in [6, 6.07) is 3.29. The molecule has 0 bridgehead atoms. The molecule has 0 unspecified atom stereocenters. The van der Waals surface area contributed by atoms with Gasteiger partial charge in [-0.1, -0.05) is 11.6 Å². The highest BCUT2D eigenvalue weighted by Crippen LogP contribution is 2.22. The van der Waals surface area contributed by atoms with Gasteiger partial charge in [0, 0.05) is 30.8 Å². The van der Waals surface area contributed by atoms with Crippen LogP contribution in [0.4, 0.5) is 0 Å². The van der Waals surface area contributed by atoms with Crippen LogP contribution in [0, 0.1) is 12.8 Å². The number of carboxylic acids is 1. The number of halogens is 1. The zero-order valence-corrected chi connectivity index (χ0v) is 12.1. The van der Waals surface area contributed by atoms with Gasteiger partial charge in [0.2, 0.25) is 0 Å². The average molecular weight is 297 g/mol. The van der Waals surface area contributed by atoms with Crippen molar-refractivity contribution in [2.75, 3.05) is 13.1 Å². The lowest BCUT2D eigenvalue weighted by molar-refractivity contribution is -0.138. The molecule has 0 aliphatic carbocycles. The highest BCUT2D eigenvalue weighted by Gasteiger charge is 2.25. The molecule has 2 heterocycles. The van der Waals surface area contributed by atoms with Crippen molar-refractivity contribution in [1.29, 1.82) is 0 Å². The lowest BCUT2D eigenvalue weighted by Crippen LogP contribution is -2.39. The fraction of sp³-hybridized carbons (Fsp3) is 0.500. The van der Waals surface area contributed by atoms with Crippen molar-refractivity contribution in [1.82, 2.24) is 9.88 Å². The van der Waals surface area contributed by atoms with Crippen molar-refractivity contribution < 1.29 is 14.7 Å². The van der Waals surface area contributed by atoms with Crippen LogP contribution in [0.1, 0.15) is 35.3 Å². The number of hydrogen-bond donors (Lipinski definition) is 1. The molecular formula is C14H17ClN2O3. The first kappa shape index (κ1) is 14.8. The standard InChI is InChI=1S/C14H17ClN2O3/c1-9-6-11(8-12(15)16-9)14(20)17-4-2-10(3-5-17)7-13(18)19/h6,8,10H,2-5,7H2,1H3,(H,18,19). The molecule has 1 aromatic heterocycles. The number of amides is 1. The van der Waals surface area contributed by atoms with E-state index in [9.17, 15) is 9.59 Å². The van der Waals surface area contributed by atoms with Gasteiger partial charge in [-0.05, 0) is 37.8 Å². The SMILES string of the molecule is Cc1cc(C(=O)N2CCC(CC(=O)O)CC2)cc(Cl)n1. The smallest absolute Gasteiger partial charge is 0.303 e. The Morgan fingerprint density at radius 3 is 2.60 bits per heavy atom. The Bertz CT molecular complexity index is 505. The molecule has 0 atom stereocenters. The van der Waals surface area contributed by atoms with Crippen LogP contribution in [0.3, 0.4) is 0 Å². The summed E-state index contributed by atoms with van der Waals surface area (Å²) in [7, 11) is 0. The molecule has 0 radical (unpaired) electrons. The average Bonchev–Trinajstić information content (AvgIpc) is 2.37. The molecule has 0 saturated carbocycles. The van der Waals surface area contributed by atoms with E-state index in [4.69, 9.17) is 16.7 Å². The summed E-state index contributed by atoms with van der Waals surface area (Å²) in [6.07, 6.45) is 1.65. The van der Waals surface area contributed by atoms with E-state index in [1.54, 1.807) is 24.0 Å². The molecule has 1 amide bonds. The molecule has 2 rings (SSSR count). The van der Waals surface area contributed by atoms with E-state index in [0.717, 1.165) is 12.8 Å². The minimum atomic E-state index is -0.772. The number of carboxylic acid groups (broad SMARTS) is 1. The predicted molar refractivity (Wildman–Crippen MR) is 74.9 cm³/mol. The lowest BCUT2D eigenvalue weighted by Gasteiger charge is -2.31. The van der Waals surface area contributed by atoms with Crippen LogP contribution < -0.4 is 0 Å². The van der Waals surface area contributed by atoms with E-state index in [-0.39, 0.29) is 18.2 Å². The molecule has 1 aliphatic rings. The van der Waals surface area contributed by atoms with Crippen LogP contribution in [0.15, 0.2) is 12.1 Å². The minimum Gasteiger partial charge on any atom is -0.481 e. The third-order valence-corrected chi connectivity index (χ3v) is 3.73. The van der Waals surface area contributed by atoms with Crippen LogP contribution in [0.25, 0.3) is 0 Å². The maximum absolute atomic E-state index is 12.4. The van der Waals surface area contributed by atoms with Crippen LogP contribution in [0.2, 0.25) is 5.15 Å². The second kappa shape index (κ2) is 6.22. The number of pyridine rings is 1. The van der Waals surface area contributed by atoms with E-state index in [2.05, 4.69) is 4.98 Å². The fourth-order valence-corrected chi connectivity index (χ4v) is 2.77. The van der Waals surface area contributed by atoms with Gasteiger partial charge in [0.1, 0.15) is 5.15 Å². The maximum atomic E-state index is 12.4. The Morgan fingerprint density at radius 1 is 1.40 bits per heavy atom. The maximum Gasteiger partial charge on any atom is 0.303 e. The van der Waals surface area contributed by atoms with Gasteiger partial charge in [0.05, 0.1) is 0 Å². The number of likely N-dealkylation sites (tertiary alicyclic amines) is 1. The van der Waals surface area contributed by atoms with Crippen LogP contribution in [-0.2, 0) is 4.79 Å². The molecule has 20 heavy (non-hydrogen) atoms. The van der Waals surface area contributed by atoms with Crippen molar-refractivity contribution in [2.24, 2.45) is 5.92 Å². The molecule has 108 valence electrons. The first-order valence-corrected chi connectivity index (χ1v) is 6.99. The van der Waals surface area contributed by atoms with E-state index in [1.807, 2.05) is 0 Å². The quantitative estimate of drug-likeness (QED) is 0.869. The Hall–Kier alpha value is -1.62. The third kappa shape index (κ3) is 3.70. The minimum absolute atomic E-state index is 0.0637. The van der Waals surface area contributed by atoms with Crippen molar-refractivity contribution in [3.05, 3.63) is 28.5 Å². The third-order valence-electron chi connectivity index (χ3n) is 3.53. The molecule has 1 aromatic rings. The topological polar surface area (TPSA) is 70.5 Å². The molecule has 1 aliphatic heterocycles. The zero-order chi connectivity index (χ0) is 14.7. The van der Waals surface area contributed by atoms with Crippen molar-refractivity contribution in [2.45, 2.75) is 26.2 Å². The van der Waals surface area contributed by atoms with Gasteiger partial charge in [-0.25, -0.2) is 4.98 Å². The monoisotopic (exact) mass is 296 g/mol. The second-order valence-electron chi connectivity index (χ2n) is 5.15. The first-order chi connectivity index (χ1) is 9.45. The number of hydrogen-bond acceptors (Lipinski definition) is 3. The Kier molecular flexibility index (Phi) is 4.60. The molecule has 1 saturated heterocycles. The number of carbonyl (C=O) groups is 2. The highest BCUT2D eigenvalue weighted by atomic mass is 35.5. The Labute approximate surface area is 122 Å². The van der Waals surface area contributed by atoms with E-state index in [0.29, 0.717) is 29.5 Å². The summed E-state index contributed by atoms with van der Waals surface area (Å²) in [5.74, 6) is -0.670. The summed E-state index contributed by atoms with van der Waals surface area (Å²) in [5, 5.41) is 9.09. The molecule has 0 spiro atoms. The van der Waals surface area contributed by atoms with Crippen molar-refractivity contribution in [3.8, 4) is 0 Å². The first-order valence-electron chi connectivity index (χ1n) is 6.61. The van der Waals surface area contributed by atoms with Gasteiger partial charge in [0.15, 0.2) is 0 Å². The normalized spacial score (nSPS) is 16.2. The van der Waals surface area contributed by atoms with Crippen LogP contribution >= 0.6 is 11.6 Å². The number of aliphatic carboxylic acids is 1. The summed E-state index contributed by atoms with van der Waals surface area (Å²) in [5.41, 5.74) is 1.25. The molecular weight excluding hydrogens is 280 g/mol. The summed E-state index contributed by atoms with van der Waals surface area (Å²) in [4.78, 5) is 28.8. The molecule has 0 aromatic carbocycles. The number of nitrogens with zero attached hydrogens (tertiary/aromatic N) is 2. The highest BCUT2D eigenvalue weighted by molar-refractivity contribution is 6.29. The van der Waals surface area contributed by atoms with Gasteiger partial charge in [-0.15, -0.1) is 0 Å². The summed E-state index contributed by atoms with van der Waals surface area (Å²) in [6.45, 7) is 2.98. The van der Waals surface area contributed by atoms with Gasteiger partial charge in [0.25, 0.3) is 5.91 Å². The van der Waals surface area contributed by atoms with Crippen LogP contribution in [-0.4, -0.2) is 40.0 Å². The van der Waals surface area contributed by atoms with Crippen molar-refractivity contribution >= 4 is 23.5 Å². The number of rotatable bonds is 3. The number of aryl methyl sites for hydroxylation is 1. The number of carbonyl (C=O) groups excluding carboxylic acids is 1. The van der Waals surface area contributed by atoms with E-state index in [1.165, 1.54) is 0 Å². The molecule has 6 heteroatoms. The Balaban J connectivity index is 1.99. The second-order valence-corrected chi connectivity index (χ2v) is 5.54. The summed E-state index contributed by atoms with van der Waals surface area (Å²) < 4.78 is 0. The van der Waals surface area contributed by atoms with E-state index < -0.39 is 5.97 Å². The molecule has 1 fully saturated rings. The summed E-state index contributed by atoms with van der Waals surface area (Å²) >= 11 is 5.87. The number of aromatic nitrogens is 1. The van der Waals surface area contributed by atoms with Gasteiger partial charge in [-0.3, -0.25) is 9.59 Å². The largest absolute Gasteiger partial charge is 0.481 e. The molecule has 1 N–H and O–H groups in total. The van der Waals surface area contributed by atoms with Crippen LogP contribution in [0.5, 0.6) is 0 Å². The van der Waals surface area contributed by atoms with Gasteiger partial charge < -0.3 is 10.0 Å². The van der Waals surface area contributed by atoms with Gasteiger partial charge >= 0.3 is 5.97 Å². The predicted octanol–water partition coefficient (Wildman–Crippen LogP) is 2.37. The van der Waals surface area contributed by atoms with Gasteiger partial charge in [-0.2, -0.15) is 0 Å². The lowest BCUT2D eigenvalue weighted by atomic mass is 9.93. The van der Waals surface area contributed by atoms with E-state index >= 15 is 0 Å². The van der Waals surface area contributed by atoms with Crippen molar-refractivity contribution in [3.63, 3.8) is 0 Å². The zero-order valence-electron chi connectivity index (χ0n) is 11.3. The number of piperidine rings is 1. The Morgan fingerprint density at radius 2 is 2.05 bits per heavy atom. The molecule has 5 nitrogen and oxygen atoms in total.